The summed E-state index contributed by atoms with van der Waals surface area (Å²) in [7, 11) is 0. The Morgan fingerprint density at radius 3 is 2.50 bits per heavy atom. The minimum Gasteiger partial charge on any atom is -0.321 e. The Kier molecular flexibility index (Phi) is 3.86. The van der Waals surface area contributed by atoms with Gasteiger partial charge in [-0.2, -0.15) is 14.0 Å². The summed E-state index contributed by atoms with van der Waals surface area (Å²) in [6.45, 7) is 0. The van der Waals surface area contributed by atoms with E-state index < -0.39 is 29.6 Å². The van der Waals surface area contributed by atoms with E-state index in [4.69, 9.17) is 5.26 Å². The highest BCUT2D eigenvalue weighted by Crippen LogP contribution is 2.25. The van der Waals surface area contributed by atoms with Crippen LogP contribution in [0.5, 0.6) is 0 Å². The van der Waals surface area contributed by atoms with Crippen LogP contribution in [0.25, 0.3) is 0 Å². The van der Waals surface area contributed by atoms with E-state index in [-0.39, 0.29) is 5.69 Å². The van der Waals surface area contributed by atoms with E-state index in [0.29, 0.717) is 0 Å². The van der Waals surface area contributed by atoms with Crippen molar-refractivity contribution in [2.24, 2.45) is 0 Å². The average Bonchev–Trinajstić information content (AvgIpc) is 2.31. The molecule has 0 radical (unpaired) electrons. The molecule has 0 atom stereocenters. The van der Waals surface area contributed by atoms with Gasteiger partial charge in [-0.05, 0) is 18.2 Å². The lowest BCUT2D eigenvalue weighted by Crippen LogP contribution is -2.41. The van der Waals surface area contributed by atoms with E-state index in [1.165, 1.54) is 11.4 Å². The minimum atomic E-state index is -4.86. The van der Waals surface area contributed by atoms with Crippen LogP contribution in [0.2, 0.25) is 0 Å². The summed E-state index contributed by atoms with van der Waals surface area (Å²) in [6, 6.07) is 3.78. The van der Waals surface area contributed by atoms with Crippen molar-refractivity contribution in [2.75, 3.05) is 5.32 Å². The smallest absolute Gasteiger partial charge is 0.321 e. The van der Waals surface area contributed by atoms with E-state index >= 15 is 0 Å². The summed E-state index contributed by atoms with van der Waals surface area (Å²) in [6.07, 6.45) is -4.16. The number of alkyl halides is 4. The maximum absolute atomic E-state index is 12.9. The molecule has 1 aromatic rings. The third kappa shape index (κ3) is 2.74. The monoisotopic (exact) mass is 264 g/mol. The molecule has 1 amide bonds. The molecule has 8 heteroatoms. The second-order valence-electron chi connectivity index (χ2n) is 3.18. The Balaban J connectivity index is 2.93. The molecule has 0 saturated carbocycles. The molecule has 1 N–H and O–H groups in total. The van der Waals surface area contributed by atoms with Crippen molar-refractivity contribution in [1.29, 1.82) is 5.26 Å². The first-order chi connectivity index (χ1) is 8.28. The van der Waals surface area contributed by atoms with Gasteiger partial charge in [0.25, 0.3) is 0 Å². The molecule has 96 valence electrons. The Hall–Kier alpha value is -2.17. The standard InChI is InChI=1S/C10H5F5N2O/c11-7-2-1-6(3-5(7)4-16)17-9(18)10(14,15)8(12)13/h1-3,8H,(H,17,18). The first kappa shape index (κ1) is 13.9. The summed E-state index contributed by atoms with van der Waals surface area (Å²) >= 11 is 0. The molecular formula is C10H5F5N2O. The van der Waals surface area contributed by atoms with Gasteiger partial charge in [0.05, 0.1) is 5.56 Å². The van der Waals surface area contributed by atoms with Crippen molar-refractivity contribution >= 4 is 11.6 Å². The molecule has 0 spiro atoms. The number of halogens is 5. The predicted octanol–water partition coefficient (Wildman–Crippen LogP) is 2.54. The lowest BCUT2D eigenvalue weighted by molar-refractivity contribution is -0.163. The predicted molar refractivity (Wildman–Crippen MR) is 50.7 cm³/mol. The van der Waals surface area contributed by atoms with Crippen LogP contribution < -0.4 is 5.32 Å². The number of anilines is 1. The number of rotatable bonds is 3. The molecule has 1 rings (SSSR count). The average molecular weight is 264 g/mol. The number of carbonyl (C=O) groups excluding carboxylic acids is 1. The maximum atomic E-state index is 12.9. The quantitative estimate of drug-likeness (QED) is 0.853. The van der Waals surface area contributed by atoms with Crippen LogP contribution in [-0.2, 0) is 4.79 Å². The lowest BCUT2D eigenvalue weighted by atomic mass is 10.2. The van der Waals surface area contributed by atoms with Crippen molar-refractivity contribution in [3.63, 3.8) is 0 Å². The minimum absolute atomic E-state index is 0.377. The molecule has 0 heterocycles. The second-order valence-corrected chi connectivity index (χ2v) is 3.18. The Morgan fingerprint density at radius 2 is 2.00 bits per heavy atom. The fourth-order valence-electron chi connectivity index (χ4n) is 1.00. The van der Waals surface area contributed by atoms with Gasteiger partial charge >= 0.3 is 18.3 Å². The molecule has 0 aromatic heterocycles. The Labute approximate surface area is 97.8 Å². The van der Waals surface area contributed by atoms with Gasteiger partial charge in [-0.15, -0.1) is 0 Å². The molecule has 0 aliphatic carbocycles. The summed E-state index contributed by atoms with van der Waals surface area (Å²) in [4.78, 5) is 10.8. The summed E-state index contributed by atoms with van der Waals surface area (Å²) in [5.41, 5.74) is -0.883. The number of nitriles is 1. The van der Waals surface area contributed by atoms with Crippen molar-refractivity contribution in [3.05, 3.63) is 29.6 Å². The van der Waals surface area contributed by atoms with Crippen LogP contribution in [0.1, 0.15) is 5.56 Å². The highest BCUT2D eigenvalue weighted by Gasteiger charge is 2.48. The summed E-state index contributed by atoms with van der Waals surface area (Å²) < 4.78 is 61.7. The van der Waals surface area contributed by atoms with Crippen LogP contribution in [0.4, 0.5) is 27.6 Å². The van der Waals surface area contributed by atoms with Crippen LogP contribution in [-0.4, -0.2) is 18.3 Å². The van der Waals surface area contributed by atoms with Crippen molar-refractivity contribution in [1.82, 2.24) is 0 Å². The highest BCUT2D eigenvalue weighted by molar-refractivity contribution is 5.96. The van der Waals surface area contributed by atoms with Gasteiger partial charge in [-0.1, -0.05) is 0 Å². The number of nitrogens with one attached hydrogen (secondary N) is 1. The van der Waals surface area contributed by atoms with Gasteiger partial charge in [0.2, 0.25) is 0 Å². The number of benzene rings is 1. The van der Waals surface area contributed by atoms with Gasteiger partial charge < -0.3 is 5.32 Å². The molecule has 18 heavy (non-hydrogen) atoms. The highest BCUT2D eigenvalue weighted by atomic mass is 19.3. The molecule has 0 saturated heterocycles. The molecule has 3 nitrogen and oxygen atoms in total. The molecule has 0 bridgehead atoms. The number of hydrogen-bond donors (Lipinski definition) is 1. The van der Waals surface area contributed by atoms with Crippen LogP contribution in [0, 0.1) is 17.1 Å². The summed E-state index contributed by atoms with van der Waals surface area (Å²) in [5, 5.41) is 9.93. The van der Waals surface area contributed by atoms with Gasteiger partial charge in [-0.3, -0.25) is 4.79 Å². The molecule has 0 aliphatic rings. The van der Waals surface area contributed by atoms with Crippen molar-refractivity contribution in [3.8, 4) is 6.07 Å². The molecule has 0 aliphatic heterocycles. The molecule has 0 fully saturated rings. The lowest BCUT2D eigenvalue weighted by Gasteiger charge is -2.14. The fourth-order valence-corrected chi connectivity index (χ4v) is 1.00. The van der Waals surface area contributed by atoms with Crippen LogP contribution in [0.3, 0.4) is 0 Å². The Bertz CT molecular complexity index is 509. The molecule has 0 unspecified atom stereocenters. The van der Waals surface area contributed by atoms with Gasteiger partial charge in [0, 0.05) is 5.69 Å². The third-order valence-corrected chi connectivity index (χ3v) is 1.92. The summed E-state index contributed by atoms with van der Waals surface area (Å²) in [5.74, 6) is -8.01. The molecular weight excluding hydrogens is 259 g/mol. The first-order valence-electron chi connectivity index (χ1n) is 4.46. The van der Waals surface area contributed by atoms with E-state index in [1.807, 2.05) is 0 Å². The number of nitrogens with zero attached hydrogens (tertiary/aromatic N) is 1. The van der Waals surface area contributed by atoms with Crippen LogP contribution >= 0.6 is 0 Å². The largest absolute Gasteiger partial charge is 0.383 e. The van der Waals surface area contributed by atoms with E-state index in [9.17, 15) is 26.7 Å². The Morgan fingerprint density at radius 1 is 1.39 bits per heavy atom. The fraction of sp³-hybridized carbons (Fsp3) is 0.200. The number of amides is 1. The van der Waals surface area contributed by atoms with Gasteiger partial charge in [0.1, 0.15) is 11.9 Å². The van der Waals surface area contributed by atoms with E-state index in [1.54, 1.807) is 0 Å². The first-order valence-corrected chi connectivity index (χ1v) is 4.46. The van der Waals surface area contributed by atoms with Crippen LogP contribution in [0.15, 0.2) is 18.2 Å². The van der Waals surface area contributed by atoms with Crippen molar-refractivity contribution < 1.29 is 26.7 Å². The number of carbonyl (C=O) groups is 1. The van der Waals surface area contributed by atoms with E-state index in [2.05, 4.69) is 0 Å². The molecule has 1 aromatic carbocycles. The topological polar surface area (TPSA) is 52.9 Å². The van der Waals surface area contributed by atoms with Gasteiger partial charge in [0.15, 0.2) is 0 Å². The van der Waals surface area contributed by atoms with Crippen molar-refractivity contribution in [2.45, 2.75) is 12.3 Å². The zero-order valence-electron chi connectivity index (χ0n) is 8.55. The normalized spacial score (nSPS) is 11.2. The zero-order chi connectivity index (χ0) is 13.9. The third-order valence-electron chi connectivity index (χ3n) is 1.92. The second kappa shape index (κ2) is 5.00. The van der Waals surface area contributed by atoms with E-state index in [0.717, 1.165) is 18.2 Å². The maximum Gasteiger partial charge on any atom is 0.383 e. The zero-order valence-corrected chi connectivity index (χ0v) is 8.55. The van der Waals surface area contributed by atoms with Gasteiger partial charge in [-0.25, -0.2) is 13.2 Å². The SMILES string of the molecule is N#Cc1cc(NC(=O)C(F)(F)C(F)F)ccc1F. The number of hydrogen-bond acceptors (Lipinski definition) is 2.